The number of carbonyl (C=O) groups is 2. The van der Waals surface area contributed by atoms with Crippen molar-refractivity contribution in [1.82, 2.24) is 0 Å². The maximum atomic E-state index is 11.5. The zero-order valence-electron chi connectivity index (χ0n) is 13.1. The Morgan fingerprint density at radius 2 is 1.04 bits per heavy atom. The summed E-state index contributed by atoms with van der Waals surface area (Å²) in [5, 5.41) is 0. The molecule has 2 rings (SSSR count). The van der Waals surface area contributed by atoms with E-state index in [0.717, 1.165) is 11.1 Å². The molecule has 0 aliphatic rings. The number of ether oxygens (including phenoxy) is 2. The van der Waals surface area contributed by atoms with Crippen molar-refractivity contribution in [1.29, 1.82) is 0 Å². The molecule has 0 aliphatic heterocycles. The average Bonchev–Trinajstić information content (AvgIpc) is 2.62. The van der Waals surface area contributed by atoms with E-state index in [0.29, 0.717) is 0 Å². The van der Waals surface area contributed by atoms with Crippen LogP contribution in [0.4, 0.5) is 0 Å². The van der Waals surface area contributed by atoms with Crippen molar-refractivity contribution in [3.8, 4) is 0 Å². The SMILES string of the molecule is O=C(CCC(=O)O/C=C/c1ccccc1)O/C=C/c1ccccc1. The molecular formula is C20H18O4. The van der Waals surface area contributed by atoms with Gasteiger partial charge in [-0.05, 0) is 23.3 Å². The van der Waals surface area contributed by atoms with Crippen LogP contribution >= 0.6 is 0 Å². The average molecular weight is 322 g/mol. The largest absolute Gasteiger partial charge is 0.434 e. The van der Waals surface area contributed by atoms with Gasteiger partial charge in [-0.2, -0.15) is 0 Å². The topological polar surface area (TPSA) is 52.6 Å². The van der Waals surface area contributed by atoms with E-state index in [1.165, 1.54) is 12.5 Å². The number of hydrogen-bond acceptors (Lipinski definition) is 4. The van der Waals surface area contributed by atoms with E-state index in [-0.39, 0.29) is 12.8 Å². The second kappa shape index (κ2) is 9.79. The monoisotopic (exact) mass is 322 g/mol. The summed E-state index contributed by atoms with van der Waals surface area (Å²) in [5.74, 6) is -0.961. The molecule has 4 heteroatoms. The zero-order chi connectivity index (χ0) is 17.0. The fourth-order valence-corrected chi connectivity index (χ4v) is 1.83. The van der Waals surface area contributed by atoms with E-state index in [2.05, 4.69) is 0 Å². The van der Waals surface area contributed by atoms with Crippen LogP contribution in [0.1, 0.15) is 24.0 Å². The molecule has 2 aromatic carbocycles. The third-order valence-electron chi connectivity index (χ3n) is 3.05. The Morgan fingerprint density at radius 3 is 1.42 bits per heavy atom. The highest BCUT2D eigenvalue weighted by atomic mass is 16.5. The first kappa shape index (κ1) is 17.2. The number of esters is 2. The molecule has 0 saturated heterocycles. The Hall–Kier alpha value is -3.14. The van der Waals surface area contributed by atoms with Crippen molar-refractivity contribution < 1.29 is 19.1 Å². The molecule has 0 heterocycles. The van der Waals surface area contributed by atoms with E-state index in [1.54, 1.807) is 12.2 Å². The summed E-state index contributed by atoms with van der Waals surface area (Å²) in [4.78, 5) is 23.1. The zero-order valence-corrected chi connectivity index (χ0v) is 13.1. The van der Waals surface area contributed by atoms with Gasteiger partial charge in [-0.3, -0.25) is 9.59 Å². The van der Waals surface area contributed by atoms with Crippen LogP contribution in [0.15, 0.2) is 73.2 Å². The molecule has 24 heavy (non-hydrogen) atoms. The lowest BCUT2D eigenvalue weighted by Crippen LogP contribution is -2.06. The molecule has 0 N–H and O–H groups in total. The van der Waals surface area contributed by atoms with Gasteiger partial charge in [0.1, 0.15) is 0 Å². The standard InChI is InChI=1S/C20H18O4/c21-19(23-15-13-17-7-3-1-4-8-17)11-12-20(22)24-16-14-18-9-5-2-6-10-18/h1-10,13-16H,11-12H2/b15-13+,16-14+. The first-order chi connectivity index (χ1) is 11.7. The summed E-state index contributed by atoms with van der Waals surface area (Å²) >= 11 is 0. The summed E-state index contributed by atoms with van der Waals surface area (Å²) in [7, 11) is 0. The molecule has 0 aliphatic carbocycles. The molecule has 0 aromatic heterocycles. The lowest BCUT2D eigenvalue weighted by molar-refractivity contribution is -0.144. The van der Waals surface area contributed by atoms with Gasteiger partial charge < -0.3 is 9.47 Å². The fourth-order valence-electron chi connectivity index (χ4n) is 1.83. The van der Waals surface area contributed by atoms with Crippen LogP contribution in [0.2, 0.25) is 0 Å². The van der Waals surface area contributed by atoms with Crippen LogP contribution in [0, 0.1) is 0 Å². The van der Waals surface area contributed by atoms with Gasteiger partial charge in [0.15, 0.2) is 0 Å². The predicted molar refractivity (Wildman–Crippen MR) is 92.4 cm³/mol. The fraction of sp³-hybridized carbons (Fsp3) is 0.100. The number of benzene rings is 2. The molecular weight excluding hydrogens is 304 g/mol. The van der Waals surface area contributed by atoms with Crippen LogP contribution in [0.25, 0.3) is 12.2 Å². The van der Waals surface area contributed by atoms with Gasteiger partial charge in [0.05, 0.1) is 25.4 Å². The molecule has 0 fully saturated rings. The molecule has 0 unspecified atom stereocenters. The highest BCUT2D eigenvalue weighted by Crippen LogP contribution is 2.04. The predicted octanol–water partition coefficient (Wildman–Crippen LogP) is 4.19. The van der Waals surface area contributed by atoms with Crippen molar-refractivity contribution in [2.45, 2.75) is 12.8 Å². The van der Waals surface area contributed by atoms with Gasteiger partial charge in [0.25, 0.3) is 0 Å². The molecule has 0 atom stereocenters. The maximum absolute atomic E-state index is 11.5. The van der Waals surface area contributed by atoms with Gasteiger partial charge in [-0.1, -0.05) is 60.7 Å². The highest BCUT2D eigenvalue weighted by Gasteiger charge is 2.07. The van der Waals surface area contributed by atoms with E-state index >= 15 is 0 Å². The van der Waals surface area contributed by atoms with Crippen molar-refractivity contribution in [2.75, 3.05) is 0 Å². The van der Waals surface area contributed by atoms with E-state index in [9.17, 15) is 9.59 Å². The van der Waals surface area contributed by atoms with Crippen molar-refractivity contribution >= 4 is 24.1 Å². The first-order valence-electron chi connectivity index (χ1n) is 7.56. The highest BCUT2D eigenvalue weighted by molar-refractivity contribution is 5.78. The molecule has 0 bridgehead atoms. The third kappa shape index (κ3) is 6.75. The second-order valence-corrected chi connectivity index (χ2v) is 4.91. The minimum absolute atomic E-state index is 0.0306. The molecule has 0 amide bonds. The Labute approximate surface area is 141 Å². The molecule has 2 aromatic rings. The normalized spacial score (nSPS) is 10.8. The van der Waals surface area contributed by atoms with Gasteiger partial charge in [-0.25, -0.2) is 0 Å². The Balaban J connectivity index is 1.65. The summed E-state index contributed by atoms with van der Waals surface area (Å²) in [6.45, 7) is 0. The molecule has 0 radical (unpaired) electrons. The van der Waals surface area contributed by atoms with Crippen LogP contribution in [-0.4, -0.2) is 11.9 Å². The molecule has 0 saturated carbocycles. The summed E-state index contributed by atoms with van der Waals surface area (Å²) < 4.78 is 9.85. The van der Waals surface area contributed by atoms with E-state index in [1.807, 2.05) is 60.7 Å². The number of carbonyl (C=O) groups excluding carboxylic acids is 2. The Bertz CT molecular complexity index is 639. The van der Waals surface area contributed by atoms with Gasteiger partial charge in [-0.15, -0.1) is 0 Å². The molecule has 0 spiro atoms. The van der Waals surface area contributed by atoms with Crippen molar-refractivity contribution in [3.05, 3.63) is 84.3 Å². The van der Waals surface area contributed by atoms with Gasteiger partial charge >= 0.3 is 11.9 Å². The third-order valence-corrected chi connectivity index (χ3v) is 3.05. The maximum Gasteiger partial charge on any atom is 0.311 e. The van der Waals surface area contributed by atoms with Gasteiger partial charge in [0.2, 0.25) is 0 Å². The quantitative estimate of drug-likeness (QED) is 0.566. The summed E-state index contributed by atoms with van der Waals surface area (Å²) in [6, 6.07) is 18.9. The van der Waals surface area contributed by atoms with Crippen LogP contribution < -0.4 is 0 Å². The smallest absolute Gasteiger partial charge is 0.311 e. The Kier molecular flexibility index (Phi) is 7.02. The second-order valence-electron chi connectivity index (χ2n) is 4.91. The van der Waals surface area contributed by atoms with E-state index in [4.69, 9.17) is 9.47 Å². The van der Waals surface area contributed by atoms with Crippen LogP contribution in [0.5, 0.6) is 0 Å². The minimum atomic E-state index is -0.480. The molecule has 122 valence electrons. The minimum Gasteiger partial charge on any atom is -0.434 e. The van der Waals surface area contributed by atoms with Gasteiger partial charge in [0, 0.05) is 0 Å². The summed E-state index contributed by atoms with van der Waals surface area (Å²) in [6.07, 6.45) is 5.93. The van der Waals surface area contributed by atoms with Crippen LogP contribution in [-0.2, 0) is 19.1 Å². The van der Waals surface area contributed by atoms with Crippen molar-refractivity contribution in [3.63, 3.8) is 0 Å². The molecule has 4 nitrogen and oxygen atoms in total. The van der Waals surface area contributed by atoms with Crippen molar-refractivity contribution in [2.24, 2.45) is 0 Å². The first-order valence-corrected chi connectivity index (χ1v) is 7.56. The summed E-state index contributed by atoms with van der Waals surface area (Å²) in [5.41, 5.74) is 1.85. The number of rotatable bonds is 7. The lowest BCUT2D eigenvalue weighted by Gasteiger charge is -2.00. The van der Waals surface area contributed by atoms with E-state index < -0.39 is 11.9 Å². The van der Waals surface area contributed by atoms with Crippen LogP contribution in [0.3, 0.4) is 0 Å². The number of hydrogen-bond donors (Lipinski definition) is 0. The lowest BCUT2D eigenvalue weighted by atomic mass is 10.2. The Morgan fingerprint density at radius 1 is 0.667 bits per heavy atom.